The lowest BCUT2D eigenvalue weighted by Gasteiger charge is -2.38. The topological polar surface area (TPSA) is 79.8 Å². The number of aromatic nitrogens is 1. The van der Waals surface area contributed by atoms with Gasteiger partial charge in [-0.2, -0.15) is 4.31 Å². The van der Waals surface area contributed by atoms with Gasteiger partial charge in [0.05, 0.1) is 16.0 Å². The Kier molecular flexibility index (Phi) is 5.99. The summed E-state index contributed by atoms with van der Waals surface area (Å²) in [6.45, 7) is 1.10. The SMILES string of the molecule is O=C(OCc1ccccc1)N1CCCC2C1CCN2S(=O)(=O)c1cccc2cncc(Cl)c12. The molecule has 2 aliphatic heterocycles. The minimum atomic E-state index is -3.82. The number of sulfonamides is 1. The van der Waals surface area contributed by atoms with E-state index in [1.54, 1.807) is 33.6 Å². The Morgan fingerprint density at radius 2 is 1.85 bits per heavy atom. The molecule has 1 aromatic heterocycles. The van der Waals surface area contributed by atoms with Crippen LogP contribution in [0.5, 0.6) is 0 Å². The van der Waals surface area contributed by atoms with E-state index >= 15 is 0 Å². The molecular weight excluding hydrogens is 462 g/mol. The van der Waals surface area contributed by atoms with E-state index in [1.807, 2.05) is 30.3 Å². The maximum atomic E-state index is 13.8. The molecule has 2 aromatic carbocycles. The van der Waals surface area contributed by atoms with E-state index in [0.717, 1.165) is 5.56 Å². The van der Waals surface area contributed by atoms with Gasteiger partial charge in [-0.25, -0.2) is 13.2 Å². The lowest BCUT2D eigenvalue weighted by Crippen LogP contribution is -2.52. The Morgan fingerprint density at radius 3 is 2.67 bits per heavy atom. The molecule has 5 rings (SSSR count). The molecule has 0 saturated carbocycles. The number of carbonyl (C=O) groups is 1. The van der Waals surface area contributed by atoms with E-state index in [2.05, 4.69) is 4.98 Å². The van der Waals surface area contributed by atoms with Gasteiger partial charge in [0.2, 0.25) is 10.0 Å². The average molecular weight is 486 g/mol. The van der Waals surface area contributed by atoms with Gasteiger partial charge >= 0.3 is 6.09 Å². The molecule has 2 atom stereocenters. The molecule has 0 N–H and O–H groups in total. The summed E-state index contributed by atoms with van der Waals surface area (Å²) >= 11 is 6.35. The third-order valence-electron chi connectivity index (χ3n) is 6.48. The lowest BCUT2D eigenvalue weighted by atomic mass is 9.98. The largest absolute Gasteiger partial charge is 0.445 e. The van der Waals surface area contributed by atoms with Crippen LogP contribution in [0.25, 0.3) is 10.8 Å². The zero-order valence-corrected chi connectivity index (χ0v) is 19.5. The number of piperidine rings is 1. The van der Waals surface area contributed by atoms with E-state index in [0.29, 0.717) is 48.1 Å². The average Bonchev–Trinajstić information content (AvgIpc) is 3.28. The first kappa shape index (κ1) is 22.1. The van der Waals surface area contributed by atoms with Crippen LogP contribution in [0.3, 0.4) is 0 Å². The number of hydrogen-bond donors (Lipinski definition) is 0. The first-order valence-electron chi connectivity index (χ1n) is 11.0. The number of rotatable bonds is 4. The second kappa shape index (κ2) is 8.93. The van der Waals surface area contributed by atoms with Crippen LogP contribution in [-0.2, 0) is 21.4 Å². The van der Waals surface area contributed by atoms with Crippen molar-refractivity contribution in [3.63, 3.8) is 0 Å². The van der Waals surface area contributed by atoms with Gasteiger partial charge in [0.15, 0.2) is 0 Å². The molecule has 3 aromatic rings. The number of nitrogens with zero attached hydrogens (tertiary/aromatic N) is 3. The quantitative estimate of drug-likeness (QED) is 0.545. The second-order valence-electron chi connectivity index (χ2n) is 8.39. The highest BCUT2D eigenvalue weighted by molar-refractivity contribution is 7.89. The van der Waals surface area contributed by atoms with E-state index in [-0.39, 0.29) is 23.6 Å². The highest BCUT2D eigenvalue weighted by Crippen LogP contribution is 2.38. The van der Waals surface area contributed by atoms with Crippen molar-refractivity contribution in [2.75, 3.05) is 13.1 Å². The highest BCUT2D eigenvalue weighted by Gasteiger charge is 2.47. The zero-order chi connectivity index (χ0) is 23.0. The fourth-order valence-electron chi connectivity index (χ4n) is 4.97. The summed E-state index contributed by atoms with van der Waals surface area (Å²) in [7, 11) is -3.82. The fourth-order valence-corrected chi connectivity index (χ4v) is 7.23. The van der Waals surface area contributed by atoms with E-state index in [1.165, 1.54) is 6.20 Å². The van der Waals surface area contributed by atoms with Gasteiger partial charge in [0, 0.05) is 42.3 Å². The minimum Gasteiger partial charge on any atom is -0.445 e. The van der Waals surface area contributed by atoms with Gasteiger partial charge in [-0.3, -0.25) is 4.98 Å². The van der Waals surface area contributed by atoms with Crippen molar-refractivity contribution in [2.24, 2.45) is 0 Å². The Bertz CT molecular complexity index is 1280. The highest BCUT2D eigenvalue weighted by atomic mass is 35.5. The predicted octanol–water partition coefficient (Wildman–Crippen LogP) is 4.45. The number of halogens is 1. The van der Waals surface area contributed by atoms with Gasteiger partial charge in [0.1, 0.15) is 6.61 Å². The molecule has 3 heterocycles. The van der Waals surface area contributed by atoms with Crippen molar-refractivity contribution >= 4 is 38.5 Å². The summed E-state index contributed by atoms with van der Waals surface area (Å²) < 4.78 is 34.6. The maximum absolute atomic E-state index is 13.8. The van der Waals surface area contributed by atoms with Crippen LogP contribution in [0.4, 0.5) is 4.79 Å². The van der Waals surface area contributed by atoms with Gasteiger partial charge in [-0.05, 0) is 30.9 Å². The van der Waals surface area contributed by atoms with Crippen molar-refractivity contribution in [2.45, 2.75) is 42.8 Å². The summed E-state index contributed by atoms with van der Waals surface area (Å²) in [6, 6.07) is 14.1. The van der Waals surface area contributed by atoms with Gasteiger partial charge < -0.3 is 9.64 Å². The van der Waals surface area contributed by atoms with Crippen molar-refractivity contribution in [1.29, 1.82) is 0 Å². The third kappa shape index (κ3) is 4.07. The summed E-state index contributed by atoms with van der Waals surface area (Å²) in [5, 5.41) is 1.46. The van der Waals surface area contributed by atoms with Crippen LogP contribution >= 0.6 is 11.6 Å². The molecule has 0 radical (unpaired) electrons. The second-order valence-corrected chi connectivity index (χ2v) is 10.7. The van der Waals surface area contributed by atoms with Crippen LogP contribution in [-0.4, -0.2) is 53.9 Å². The van der Waals surface area contributed by atoms with Crippen LogP contribution in [0.15, 0.2) is 65.8 Å². The van der Waals surface area contributed by atoms with Crippen molar-refractivity contribution < 1.29 is 17.9 Å². The first-order valence-corrected chi connectivity index (χ1v) is 12.8. The minimum absolute atomic E-state index is 0.178. The summed E-state index contributed by atoms with van der Waals surface area (Å²) in [4.78, 5) is 18.8. The molecule has 172 valence electrons. The Hall–Kier alpha value is -2.68. The molecule has 2 saturated heterocycles. The van der Waals surface area contributed by atoms with Gasteiger partial charge in [0.25, 0.3) is 0 Å². The number of amides is 1. The van der Waals surface area contributed by atoms with E-state index < -0.39 is 16.1 Å². The van der Waals surface area contributed by atoms with Crippen molar-refractivity contribution in [3.05, 3.63) is 71.5 Å². The van der Waals surface area contributed by atoms with Crippen LogP contribution in [0.2, 0.25) is 5.02 Å². The summed E-state index contributed by atoms with van der Waals surface area (Å²) in [5.41, 5.74) is 0.914. The first-order chi connectivity index (χ1) is 16.0. The normalized spacial score (nSPS) is 21.2. The smallest absolute Gasteiger partial charge is 0.410 e. The Balaban J connectivity index is 1.38. The molecule has 2 aliphatic rings. The molecule has 9 heteroatoms. The number of benzene rings is 2. The molecule has 2 fully saturated rings. The van der Waals surface area contributed by atoms with E-state index in [4.69, 9.17) is 16.3 Å². The molecule has 7 nitrogen and oxygen atoms in total. The third-order valence-corrected chi connectivity index (χ3v) is 8.74. The number of likely N-dealkylation sites (tertiary alicyclic amines) is 1. The van der Waals surface area contributed by atoms with E-state index in [9.17, 15) is 13.2 Å². The number of carbonyl (C=O) groups excluding carboxylic acids is 1. The van der Waals surface area contributed by atoms with Crippen LogP contribution in [0.1, 0.15) is 24.8 Å². The molecule has 0 spiro atoms. The molecular formula is C24H24ClN3O4S. The summed E-state index contributed by atoms with van der Waals surface area (Å²) in [6.07, 6.45) is 4.66. The number of fused-ring (bicyclic) bond motifs is 2. The molecule has 2 unspecified atom stereocenters. The summed E-state index contributed by atoms with van der Waals surface area (Å²) in [5.74, 6) is 0. The maximum Gasteiger partial charge on any atom is 0.410 e. The monoisotopic (exact) mass is 485 g/mol. The van der Waals surface area contributed by atoms with Gasteiger partial charge in [-0.1, -0.05) is 54.1 Å². The van der Waals surface area contributed by atoms with Crippen molar-refractivity contribution in [3.8, 4) is 0 Å². The zero-order valence-electron chi connectivity index (χ0n) is 17.9. The molecule has 0 aliphatic carbocycles. The molecule has 0 bridgehead atoms. The van der Waals surface area contributed by atoms with Crippen LogP contribution in [0, 0.1) is 0 Å². The Morgan fingerprint density at radius 1 is 1.03 bits per heavy atom. The fraction of sp³-hybridized carbons (Fsp3) is 0.333. The predicted molar refractivity (Wildman–Crippen MR) is 125 cm³/mol. The number of hydrogen-bond acceptors (Lipinski definition) is 5. The molecule has 33 heavy (non-hydrogen) atoms. The molecule has 1 amide bonds. The lowest BCUT2D eigenvalue weighted by molar-refractivity contribution is 0.0606. The number of pyridine rings is 1. The van der Waals surface area contributed by atoms with Crippen molar-refractivity contribution in [1.82, 2.24) is 14.2 Å². The Labute approximate surface area is 198 Å². The number of ether oxygens (including phenoxy) is 1. The van der Waals surface area contributed by atoms with Gasteiger partial charge in [-0.15, -0.1) is 0 Å². The standard InChI is InChI=1S/C24H24ClN3O4S/c25-19-15-26-14-18-8-4-10-22(23(18)19)33(30,31)28-13-11-20-21(28)9-5-12-27(20)24(29)32-16-17-6-2-1-3-7-17/h1-4,6-8,10,14-15,20-21H,5,9,11-13,16H2. The van der Waals surface area contributed by atoms with Crippen LogP contribution < -0.4 is 0 Å².